The monoisotopic (exact) mass is 464 g/mol. The molecular formula is C26H28N2O6. The van der Waals surface area contributed by atoms with Gasteiger partial charge in [-0.15, -0.1) is 0 Å². The van der Waals surface area contributed by atoms with Crippen LogP contribution in [0.1, 0.15) is 34.6 Å². The van der Waals surface area contributed by atoms with E-state index < -0.39 is 0 Å². The fourth-order valence-electron chi connectivity index (χ4n) is 2.95. The molecule has 0 aromatic heterocycles. The molecule has 8 nitrogen and oxygen atoms in total. The smallest absolute Gasteiger partial charge is 0.255 e. The summed E-state index contributed by atoms with van der Waals surface area (Å²) in [7, 11) is 0. The number of aliphatic hydroxyl groups is 2. The number of benzene rings is 3. The largest absolute Gasteiger partial charge is 0.488 e. The van der Waals surface area contributed by atoms with E-state index in [1.165, 1.54) is 0 Å². The average molecular weight is 465 g/mol. The van der Waals surface area contributed by atoms with Crippen molar-refractivity contribution in [1.29, 1.82) is 0 Å². The fourth-order valence-corrected chi connectivity index (χ4v) is 2.95. The Kier molecular flexibility index (Phi) is 8.61. The Labute approximate surface area is 198 Å². The number of ether oxygens (including phenoxy) is 2. The third-order valence-corrected chi connectivity index (χ3v) is 4.82. The molecule has 3 aromatic rings. The summed E-state index contributed by atoms with van der Waals surface area (Å²) in [5.74, 6) is 0.572. The van der Waals surface area contributed by atoms with E-state index in [4.69, 9.17) is 19.7 Å². The van der Waals surface area contributed by atoms with Gasteiger partial charge in [0.15, 0.2) is 0 Å². The Morgan fingerprint density at radius 1 is 0.647 bits per heavy atom. The first-order chi connectivity index (χ1) is 16.4. The molecule has 8 heteroatoms. The molecule has 4 N–H and O–H groups in total. The van der Waals surface area contributed by atoms with E-state index in [0.29, 0.717) is 34.0 Å². The van der Waals surface area contributed by atoms with Gasteiger partial charge in [-0.3, -0.25) is 9.59 Å². The average Bonchev–Trinajstić information content (AvgIpc) is 2.86. The van der Waals surface area contributed by atoms with Gasteiger partial charge < -0.3 is 30.3 Å². The molecule has 0 aliphatic rings. The summed E-state index contributed by atoms with van der Waals surface area (Å²) >= 11 is 0. The van der Waals surface area contributed by atoms with E-state index in [1.807, 2.05) is 0 Å². The van der Waals surface area contributed by atoms with E-state index in [0.717, 1.165) is 0 Å². The van der Waals surface area contributed by atoms with Gasteiger partial charge in [0.05, 0.1) is 13.2 Å². The van der Waals surface area contributed by atoms with Gasteiger partial charge >= 0.3 is 0 Å². The molecule has 0 heterocycles. The van der Waals surface area contributed by atoms with Gasteiger partial charge in [0, 0.05) is 22.5 Å². The molecule has 0 spiro atoms. The summed E-state index contributed by atoms with van der Waals surface area (Å²) in [4.78, 5) is 25.0. The molecule has 0 fully saturated rings. The van der Waals surface area contributed by atoms with Gasteiger partial charge in [0.1, 0.15) is 23.7 Å². The number of rotatable bonds is 10. The Bertz CT molecular complexity index is 993. The van der Waals surface area contributed by atoms with Gasteiger partial charge in [0.25, 0.3) is 11.8 Å². The number of nitrogens with one attached hydrogen (secondary N) is 2. The predicted molar refractivity (Wildman–Crippen MR) is 130 cm³/mol. The lowest BCUT2D eigenvalue weighted by atomic mass is 10.1. The van der Waals surface area contributed by atoms with Gasteiger partial charge in [-0.1, -0.05) is 0 Å². The minimum Gasteiger partial charge on any atom is -0.488 e. The van der Waals surface area contributed by atoms with Crippen LogP contribution >= 0.6 is 0 Å². The van der Waals surface area contributed by atoms with Crippen LogP contribution in [0.5, 0.6) is 11.5 Å². The number of anilines is 2. The van der Waals surface area contributed by atoms with Crippen LogP contribution in [-0.4, -0.2) is 47.4 Å². The Morgan fingerprint density at radius 3 is 1.26 bits per heavy atom. The van der Waals surface area contributed by atoms with Gasteiger partial charge in [-0.2, -0.15) is 0 Å². The molecule has 2 amide bonds. The topological polar surface area (TPSA) is 117 Å². The van der Waals surface area contributed by atoms with E-state index >= 15 is 0 Å². The first-order valence-corrected chi connectivity index (χ1v) is 10.9. The van der Waals surface area contributed by atoms with Crippen molar-refractivity contribution in [3.8, 4) is 11.5 Å². The summed E-state index contributed by atoms with van der Waals surface area (Å²) < 4.78 is 11.0. The maximum absolute atomic E-state index is 12.5. The molecule has 0 aliphatic heterocycles. The van der Waals surface area contributed by atoms with Crippen molar-refractivity contribution in [2.75, 3.05) is 23.8 Å². The third-order valence-electron chi connectivity index (χ3n) is 4.82. The van der Waals surface area contributed by atoms with Crippen molar-refractivity contribution in [3.63, 3.8) is 0 Å². The molecule has 0 radical (unpaired) electrons. The SMILES string of the molecule is CC(CO)Oc1ccc(NC(=O)c2ccc(C(=O)Nc3ccc(OC(C)CO)cc3)cc2)cc1. The van der Waals surface area contributed by atoms with Crippen LogP contribution in [0.4, 0.5) is 11.4 Å². The maximum Gasteiger partial charge on any atom is 0.255 e. The van der Waals surface area contributed by atoms with Crippen molar-refractivity contribution in [1.82, 2.24) is 0 Å². The second-order valence-corrected chi connectivity index (χ2v) is 7.76. The van der Waals surface area contributed by atoms with Crippen molar-refractivity contribution in [3.05, 3.63) is 83.9 Å². The summed E-state index contributed by atoms with van der Waals surface area (Å²) in [6.45, 7) is 3.34. The first-order valence-electron chi connectivity index (χ1n) is 10.9. The predicted octanol–water partition coefficient (Wildman–Crippen LogP) is 3.71. The normalized spacial score (nSPS) is 12.4. The van der Waals surface area contributed by atoms with E-state index in [9.17, 15) is 9.59 Å². The lowest BCUT2D eigenvalue weighted by molar-refractivity contribution is 0.101. The molecule has 2 unspecified atom stereocenters. The Balaban J connectivity index is 1.55. The van der Waals surface area contributed by atoms with Crippen molar-refractivity contribution < 1.29 is 29.3 Å². The van der Waals surface area contributed by atoms with E-state index in [2.05, 4.69) is 10.6 Å². The molecule has 3 aromatic carbocycles. The summed E-state index contributed by atoms with van der Waals surface area (Å²) in [5.41, 5.74) is 2.00. The highest BCUT2D eigenvalue weighted by atomic mass is 16.5. The van der Waals surface area contributed by atoms with Gasteiger partial charge in [-0.05, 0) is 86.6 Å². The zero-order valence-electron chi connectivity index (χ0n) is 19.0. The summed E-state index contributed by atoms with van der Waals surface area (Å²) in [6.07, 6.45) is -0.629. The molecule has 0 saturated heterocycles. The minimum atomic E-state index is -0.315. The van der Waals surface area contributed by atoms with Crippen LogP contribution in [-0.2, 0) is 0 Å². The van der Waals surface area contributed by atoms with Gasteiger partial charge in [-0.25, -0.2) is 0 Å². The molecule has 2 atom stereocenters. The molecule has 0 aliphatic carbocycles. The second kappa shape index (κ2) is 11.8. The quantitative estimate of drug-likeness (QED) is 0.363. The summed E-state index contributed by atoms with van der Waals surface area (Å²) in [5, 5.41) is 23.7. The third kappa shape index (κ3) is 7.06. The molecule has 3 rings (SSSR count). The number of amides is 2. The highest BCUT2D eigenvalue weighted by Crippen LogP contribution is 2.19. The number of carbonyl (C=O) groups excluding carboxylic acids is 2. The van der Waals surface area contributed by atoms with Crippen LogP contribution in [0.15, 0.2) is 72.8 Å². The van der Waals surface area contributed by atoms with Crippen molar-refractivity contribution >= 4 is 23.2 Å². The number of aliphatic hydroxyl groups excluding tert-OH is 2. The highest BCUT2D eigenvalue weighted by Gasteiger charge is 2.11. The van der Waals surface area contributed by atoms with Crippen LogP contribution in [0, 0.1) is 0 Å². The van der Waals surface area contributed by atoms with Crippen LogP contribution in [0.25, 0.3) is 0 Å². The molecule has 34 heavy (non-hydrogen) atoms. The number of hydrogen-bond acceptors (Lipinski definition) is 6. The van der Waals surface area contributed by atoms with Crippen LogP contribution in [0.3, 0.4) is 0 Å². The molecule has 178 valence electrons. The fraction of sp³-hybridized carbons (Fsp3) is 0.231. The minimum absolute atomic E-state index is 0.0848. The molecular weight excluding hydrogens is 436 g/mol. The summed E-state index contributed by atoms with van der Waals surface area (Å²) in [6, 6.07) is 20.0. The Morgan fingerprint density at radius 2 is 0.971 bits per heavy atom. The van der Waals surface area contributed by atoms with Crippen molar-refractivity contribution in [2.24, 2.45) is 0 Å². The van der Waals surface area contributed by atoms with Gasteiger partial charge in [0.2, 0.25) is 0 Å². The second-order valence-electron chi connectivity index (χ2n) is 7.76. The molecule has 0 bridgehead atoms. The molecule has 0 saturated carbocycles. The first kappa shape index (κ1) is 24.8. The maximum atomic E-state index is 12.5. The Hall–Kier alpha value is -3.88. The van der Waals surface area contributed by atoms with E-state index in [-0.39, 0.29) is 37.2 Å². The zero-order chi connectivity index (χ0) is 24.5. The van der Waals surface area contributed by atoms with E-state index in [1.54, 1.807) is 86.6 Å². The standard InChI is InChI=1S/C26H28N2O6/c1-17(15-29)33-23-11-7-21(8-12-23)27-25(31)19-3-5-20(6-4-19)26(32)28-22-9-13-24(14-10-22)34-18(2)16-30/h3-14,17-18,29-30H,15-16H2,1-2H3,(H,27,31)(H,28,32). The number of carbonyl (C=O) groups is 2. The van der Waals surface area contributed by atoms with Crippen LogP contribution in [0.2, 0.25) is 0 Å². The zero-order valence-corrected chi connectivity index (χ0v) is 19.0. The lowest BCUT2D eigenvalue weighted by Gasteiger charge is -2.13. The van der Waals surface area contributed by atoms with Crippen molar-refractivity contribution in [2.45, 2.75) is 26.1 Å². The highest BCUT2D eigenvalue weighted by molar-refractivity contribution is 6.07. The number of hydrogen-bond donors (Lipinski definition) is 4. The van der Waals surface area contributed by atoms with Crippen LogP contribution < -0.4 is 20.1 Å². The lowest BCUT2D eigenvalue weighted by Crippen LogP contribution is -2.16.